The van der Waals surface area contributed by atoms with Gasteiger partial charge in [0.15, 0.2) is 5.17 Å². The van der Waals surface area contributed by atoms with Gasteiger partial charge in [0.25, 0.3) is 0 Å². The lowest BCUT2D eigenvalue weighted by Crippen LogP contribution is -2.26. The van der Waals surface area contributed by atoms with Crippen molar-refractivity contribution in [3.63, 3.8) is 0 Å². The second-order valence-electron chi connectivity index (χ2n) is 5.88. The Morgan fingerprint density at radius 3 is 2.73 bits per heavy atom. The van der Waals surface area contributed by atoms with E-state index in [9.17, 15) is 24.1 Å². The number of nitrogens with one attached hydrogen (secondary N) is 1. The highest BCUT2D eigenvalue weighted by molar-refractivity contribution is 8.15. The SMILES string of the molecule is O=C(O)CC1SC(=NN=Cc2ccc(Oc3ccc(F)cc3)c([N+](=O)[O-])c2)NC1=O. The Hall–Kier alpha value is -3.80. The van der Waals surface area contributed by atoms with Crippen LogP contribution < -0.4 is 10.1 Å². The van der Waals surface area contributed by atoms with Gasteiger partial charge in [0.1, 0.15) is 16.8 Å². The van der Waals surface area contributed by atoms with E-state index in [-0.39, 0.29) is 28.8 Å². The molecule has 30 heavy (non-hydrogen) atoms. The van der Waals surface area contributed by atoms with Crippen molar-refractivity contribution in [3.05, 3.63) is 64.0 Å². The zero-order chi connectivity index (χ0) is 21.7. The van der Waals surface area contributed by atoms with Crippen LogP contribution in [0.25, 0.3) is 0 Å². The van der Waals surface area contributed by atoms with Gasteiger partial charge in [-0.15, -0.1) is 5.10 Å². The number of carbonyl (C=O) groups excluding carboxylic acids is 1. The second kappa shape index (κ2) is 9.13. The van der Waals surface area contributed by atoms with Crippen molar-refractivity contribution in [3.8, 4) is 11.5 Å². The summed E-state index contributed by atoms with van der Waals surface area (Å²) in [6.45, 7) is 0. The third-order valence-electron chi connectivity index (χ3n) is 3.71. The van der Waals surface area contributed by atoms with Crippen LogP contribution in [0.1, 0.15) is 12.0 Å². The Balaban J connectivity index is 1.73. The molecule has 2 aromatic rings. The molecular weight excluding hydrogens is 419 g/mol. The van der Waals surface area contributed by atoms with Crippen LogP contribution >= 0.6 is 11.8 Å². The van der Waals surface area contributed by atoms with Crippen molar-refractivity contribution in [2.75, 3.05) is 0 Å². The molecule has 2 N–H and O–H groups in total. The number of halogens is 1. The van der Waals surface area contributed by atoms with Gasteiger partial charge in [-0.25, -0.2) is 4.39 Å². The third-order valence-corrected chi connectivity index (χ3v) is 4.79. The van der Waals surface area contributed by atoms with Gasteiger partial charge < -0.3 is 15.2 Å². The third kappa shape index (κ3) is 5.38. The first-order valence-corrected chi connectivity index (χ1v) is 9.22. The minimum atomic E-state index is -1.11. The van der Waals surface area contributed by atoms with Crippen molar-refractivity contribution in [2.24, 2.45) is 10.2 Å². The number of thioether (sulfide) groups is 1. The molecule has 1 fully saturated rings. The van der Waals surface area contributed by atoms with Gasteiger partial charge in [-0.05, 0) is 36.4 Å². The number of nitro groups is 1. The number of nitrogens with zero attached hydrogens (tertiary/aromatic N) is 3. The minimum Gasteiger partial charge on any atom is -0.481 e. The van der Waals surface area contributed by atoms with Gasteiger partial charge in [0.2, 0.25) is 11.7 Å². The van der Waals surface area contributed by atoms with Gasteiger partial charge in [-0.1, -0.05) is 11.8 Å². The summed E-state index contributed by atoms with van der Waals surface area (Å²) in [6.07, 6.45) is 0.889. The quantitative estimate of drug-likeness (QED) is 0.389. The number of carbonyl (C=O) groups is 2. The molecule has 2 aromatic carbocycles. The Labute approximate surface area is 172 Å². The van der Waals surface area contributed by atoms with E-state index in [4.69, 9.17) is 9.84 Å². The molecule has 1 saturated heterocycles. The molecule has 1 heterocycles. The molecule has 0 aliphatic carbocycles. The number of rotatable bonds is 7. The minimum absolute atomic E-state index is 0.0369. The molecule has 1 atom stereocenters. The van der Waals surface area contributed by atoms with E-state index < -0.39 is 27.9 Å². The van der Waals surface area contributed by atoms with E-state index in [1.807, 2.05) is 0 Å². The first-order valence-electron chi connectivity index (χ1n) is 8.34. The number of ether oxygens (including phenoxy) is 1. The first-order chi connectivity index (χ1) is 14.3. The maximum atomic E-state index is 13.0. The molecule has 1 amide bonds. The van der Waals surface area contributed by atoms with Crippen LogP contribution in [0.3, 0.4) is 0 Å². The van der Waals surface area contributed by atoms with Crippen LogP contribution in [-0.4, -0.2) is 38.5 Å². The smallest absolute Gasteiger partial charge is 0.312 e. The van der Waals surface area contributed by atoms with Gasteiger partial charge in [0.05, 0.1) is 17.6 Å². The molecule has 154 valence electrons. The summed E-state index contributed by atoms with van der Waals surface area (Å²) in [5.74, 6) is -1.85. The summed E-state index contributed by atoms with van der Waals surface area (Å²) in [4.78, 5) is 33.1. The standard InChI is InChI=1S/C18H13FN4O6S/c19-11-2-4-12(5-3-11)29-14-6-1-10(7-13(14)23(27)28)9-20-22-18-21-17(26)15(30-18)8-16(24)25/h1-7,9,15H,8H2,(H,24,25)(H,21,22,26). The topological polar surface area (TPSA) is 143 Å². The van der Waals surface area contributed by atoms with Crippen LogP contribution in [0.5, 0.6) is 11.5 Å². The van der Waals surface area contributed by atoms with E-state index >= 15 is 0 Å². The van der Waals surface area contributed by atoms with Crippen molar-refractivity contribution in [1.29, 1.82) is 0 Å². The van der Waals surface area contributed by atoms with E-state index in [1.165, 1.54) is 48.7 Å². The fourth-order valence-corrected chi connectivity index (χ4v) is 3.28. The largest absolute Gasteiger partial charge is 0.481 e. The summed E-state index contributed by atoms with van der Waals surface area (Å²) >= 11 is 0.935. The molecule has 1 aliphatic heterocycles. The monoisotopic (exact) mass is 432 g/mol. The highest BCUT2D eigenvalue weighted by atomic mass is 32.2. The van der Waals surface area contributed by atoms with Crippen LogP contribution in [-0.2, 0) is 9.59 Å². The summed E-state index contributed by atoms with van der Waals surface area (Å²) in [6, 6.07) is 9.11. The summed E-state index contributed by atoms with van der Waals surface area (Å²) in [5, 5.41) is 29.4. The van der Waals surface area contributed by atoms with Gasteiger partial charge in [0, 0.05) is 11.6 Å². The lowest BCUT2D eigenvalue weighted by atomic mass is 10.2. The fourth-order valence-electron chi connectivity index (χ4n) is 2.37. The first kappa shape index (κ1) is 20.9. The van der Waals surface area contributed by atoms with Crippen molar-refractivity contribution >= 4 is 40.7 Å². The number of hydrogen-bond acceptors (Lipinski definition) is 8. The maximum absolute atomic E-state index is 13.0. The number of hydrogen-bond donors (Lipinski definition) is 2. The summed E-state index contributed by atoms with van der Waals surface area (Å²) in [7, 11) is 0. The Kier molecular flexibility index (Phi) is 6.37. The number of amidine groups is 1. The lowest BCUT2D eigenvalue weighted by molar-refractivity contribution is -0.385. The number of carboxylic acids is 1. The summed E-state index contributed by atoms with van der Waals surface area (Å²) < 4.78 is 18.4. The predicted molar refractivity (Wildman–Crippen MR) is 106 cm³/mol. The number of nitro benzene ring substituents is 1. The number of aliphatic carboxylic acids is 1. The van der Waals surface area contributed by atoms with E-state index in [0.717, 1.165) is 11.8 Å². The van der Waals surface area contributed by atoms with Crippen molar-refractivity contribution in [2.45, 2.75) is 11.7 Å². The number of carboxylic acid groups (broad SMARTS) is 1. The molecule has 1 unspecified atom stereocenters. The zero-order valence-electron chi connectivity index (χ0n) is 15.0. The van der Waals surface area contributed by atoms with E-state index in [2.05, 4.69) is 15.5 Å². The zero-order valence-corrected chi connectivity index (χ0v) is 15.8. The van der Waals surface area contributed by atoms with Crippen molar-refractivity contribution in [1.82, 2.24) is 5.32 Å². The molecule has 0 spiro atoms. The van der Waals surface area contributed by atoms with E-state index in [1.54, 1.807) is 0 Å². The molecule has 0 saturated carbocycles. The van der Waals surface area contributed by atoms with Crippen molar-refractivity contribution < 1.29 is 28.7 Å². The molecule has 1 aliphatic rings. The van der Waals surface area contributed by atoms with Crippen LogP contribution in [0, 0.1) is 15.9 Å². The number of amides is 1. The molecule has 0 radical (unpaired) electrons. The summed E-state index contributed by atoms with van der Waals surface area (Å²) in [5.41, 5.74) is 0.00918. The average molecular weight is 432 g/mol. The normalized spacial score (nSPS) is 17.3. The van der Waals surface area contributed by atoms with Crippen LogP contribution in [0.4, 0.5) is 10.1 Å². The Morgan fingerprint density at radius 2 is 2.07 bits per heavy atom. The fraction of sp³-hybridized carbons (Fsp3) is 0.111. The van der Waals surface area contributed by atoms with Crippen LogP contribution in [0.2, 0.25) is 0 Å². The van der Waals surface area contributed by atoms with Gasteiger partial charge >= 0.3 is 11.7 Å². The van der Waals surface area contributed by atoms with Crippen LogP contribution in [0.15, 0.2) is 52.7 Å². The lowest BCUT2D eigenvalue weighted by Gasteiger charge is -2.06. The average Bonchev–Trinajstić information content (AvgIpc) is 3.03. The molecular formula is C18H13FN4O6S. The Morgan fingerprint density at radius 1 is 1.33 bits per heavy atom. The molecule has 0 bridgehead atoms. The molecule has 3 rings (SSSR count). The highest BCUT2D eigenvalue weighted by Crippen LogP contribution is 2.32. The number of benzene rings is 2. The predicted octanol–water partition coefficient (Wildman–Crippen LogP) is 2.92. The maximum Gasteiger partial charge on any atom is 0.312 e. The molecule has 12 heteroatoms. The van der Waals surface area contributed by atoms with Gasteiger partial charge in [-0.3, -0.25) is 19.7 Å². The molecule has 0 aromatic heterocycles. The van der Waals surface area contributed by atoms with Gasteiger partial charge in [-0.2, -0.15) is 5.10 Å². The second-order valence-corrected chi connectivity index (χ2v) is 7.08. The van der Waals surface area contributed by atoms with E-state index in [0.29, 0.717) is 5.56 Å². The highest BCUT2D eigenvalue weighted by Gasteiger charge is 2.32. The molecule has 10 nitrogen and oxygen atoms in total. The Bertz CT molecular complexity index is 1060.